The zero-order chi connectivity index (χ0) is 22.4. The molecule has 1 fully saturated rings. The molecule has 1 aromatic carbocycles. The molecule has 1 heterocycles. The van der Waals surface area contributed by atoms with Crippen LogP contribution in [0.1, 0.15) is 37.4 Å². The zero-order valence-corrected chi connectivity index (χ0v) is 17.9. The quantitative estimate of drug-likeness (QED) is 0.332. The van der Waals surface area contributed by atoms with E-state index in [9.17, 15) is 19.7 Å². The summed E-state index contributed by atoms with van der Waals surface area (Å²) >= 11 is 0. The molecule has 0 unspecified atom stereocenters. The predicted octanol–water partition coefficient (Wildman–Crippen LogP) is 3.38. The number of hydrogen-bond donors (Lipinski definition) is 0. The number of nitro groups is 1. The number of amides is 2. The van der Waals surface area contributed by atoms with Crippen LogP contribution < -0.4 is 0 Å². The molecule has 31 heavy (non-hydrogen) atoms. The minimum atomic E-state index is -0.464. The molecule has 0 aliphatic heterocycles. The fourth-order valence-corrected chi connectivity index (χ4v) is 3.41. The molecule has 8 nitrogen and oxygen atoms in total. The molecule has 0 spiro atoms. The number of nitro benzene ring substituents is 1. The van der Waals surface area contributed by atoms with Crippen molar-refractivity contribution in [3.05, 3.63) is 70.0 Å². The summed E-state index contributed by atoms with van der Waals surface area (Å²) in [5, 5.41) is 10.8. The molecule has 164 valence electrons. The highest BCUT2D eigenvalue weighted by Crippen LogP contribution is 2.28. The minimum absolute atomic E-state index is 0.0000671. The summed E-state index contributed by atoms with van der Waals surface area (Å²) in [4.78, 5) is 39.5. The van der Waals surface area contributed by atoms with Crippen molar-refractivity contribution in [2.24, 2.45) is 7.05 Å². The Kier molecular flexibility index (Phi) is 7.23. The maximum atomic E-state index is 13.1. The fourth-order valence-electron chi connectivity index (χ4n) is 3.41. The van der Waals surface area contributed by atoms with E-state index in [2.05, 4.69) is 0 Å². The number of carbonyl (C=O) groups is 2. The molecule has 2 aromatic rings. The maximum Gasteiger partial charge on any atom is 0.269 e. The van der Waals surface area contributed by atoms with Gasteiger partial charge in [-0.2, -0.15) is 0 Å². The molecule has 0 bridgehead atoms. The third kappa shape index (κ3) is 6.04. The molecule has 1 aliphatic rings. The fraction of sp³-hybridized carbons (Fsp3) is 0.391. The van der Waals surface area contributed by atoms with Crippen molar-refractivity contribution in [1.82, 2.24) is 14.4 Å². The Bertz CT molecular complexity index is 960. The summed E-state index contributed by atoms with van der Waals surface area (Å²) in [5.41, 5.74) is 1.75. The first-order chi connectivity index (χ1) is 14.9. The average molecular weight is 425 g/mol. The number of aromatic nitrogens is 1. The Hall–Kier alpha value is -3.42. The third-order valence-corrected chi connectivity index (χ3v) is 5.35. The van der Waals surface area contributed by atoms with Crippen molar-refractivity contribution in [2.75, 3.05) is 13.1 Å². The first-order valence-electron chi connectivity index (χ1n) is 10.5. The third-order valence-electron chi connectivity index (χ3n) is 5.35. The number of carbonyl (C=O) groups excluding carboxylic acids is 2. The lowest BCUT2D eigenvalue weighted by Crippen LogP contribution is -2.43. The van der Waals surface area contributed by atoms with Gasteiger partial charge < -0.3 is 14.4 Å². The number of rotatable bonds is 10. The predicted molar refractivity (Wildman–Crippen MR) is 118 cm³/mol. The van der Waals surface area contributed by atoms with E-state index in [-0.39, 0.29) is 30.1 Å². The van der Waals surface area contributed by atoms with Crippen LogP contribution in [-0.2, 0) is 23.2 Å². The van der Waals surface area contributed by atoms with Crippen LogP contribution in [0.4, 0.5) is 5.69 Å². The second-order valence-corrected chi connectivity index (χ2v) is 7.81. The van der Waals surface area contributed by atoms with E-state index in [0.29, 0.717) is 18.7 Å². The normalized spacial score (nSPS) is 13.4. The summed E-state index contributed by atoms with van der Waals surface area (Å²) in [6, 6.07) is 10.2. The molecule has 1 aromatic heterocycles. The van der Waals surface area contributed by atoms with Gasteiger partial charge in [-0.05, 0) is 55.2 Å². The van der Waals surface area contributed by atoms with Gasteiger partial charge in [0, 0.05) is 49.7 Å². The van der Waals surface area contributed by atoms with Gasteiger partial charge in [-0.15, -0.1) is 0 Å². The highest BCUT2D eigenvalue weighted by atomic mass is 16.6. The topological polar surface area (TPSA) is 88.7 Å². The molecule has 8 heteroatoms. The minimum Gasteiger partial charge on any atom is -0.353 e. The summed E-state index contributed by atoms with van der Waals surface area (Å²) in [5.74, 6) is -0.294. The summed E-state index contributed by atoms with van der Waals surface area (Å²) in [6.45, 7) is 3.03. The number of non-ortho nitro benzene ring substituents is 1. The van der Waals surface area contributed by atoms with E-state index >= 15 is 0 Å². The van der Waals surface area contributed by atoms with Crippen molar-refractivity contribution in [1.29, 1.82) is 0 Å². The molecular weight excluding hydrogens is 396 g/mol. The lowest BCUT2D eigenvalue weighted by molar-refractivity contribution is -0.384. The van der Waals surface area contributed by atoms with Crippen LogP contribution in [0.15, 0.2) is 48.7 Å². The summed E-state index contributed by atoms with van der Waals surface area (Å²) in [6.07, 6.45) is 7.73. The van der Waals surface area contributed by atoms with E-state index in [0.717, 1.165) is 25.0 Å². The van der Waals surface area contributed by atoms with Gasteiger partial charge in [0.2, 0.25) is 11.8 Å². The highest BCUT2D eigenvalue weighted by molar-refractivity contribution is 5.94. The Labute approximate surface area is 181 Å². The van der Waals surface area contributed by atoms with E-state index < -0.39 is 4.92 Å². The van der Waals surface area contributed by atoms with Crippen LogP contribution in [0.25, 0.3) is 6.08 Å². The largest absolute Gasteiger partial charge is 0.353 e. The molecule has 0 saturated heterocycles. The number of nitrogens with zero attached hydrogens (tertiary/aromatic N) is 4. The van der Waals surface area contributed by atoms with Crippen LogP contribution in [0.2, 0.25) is 0 Å². The van der Waals surface area contributed by atoms with Gasteiger partial charge in [-0.3, -0.25) is 19.7 Å². The molecule has 3 rings (SSSR count). The highest BCUT2D eigenvalue weighted by Gasteiger charge is 2.33. The standard InChI is InChI=1S/C23H28N4O4/c1-3-14-25(22(28)13-8-18-6-9-20(10-7-18)27(30)31)17-23(29)26(19-11-12-19)16-21-5-4-15-24(21)2/h4-10,13,15,19H,3,11-12,14,16-17H2,1-2H3. The molecule has 1 saturated carbocycles. The Balaban J connectivity index is 1.65. The first kappa shape index (κ1) is 22.3. The van der Waals surface area contributed by atoms with Gasteiger partial charge in [0.15, 0.2) is 0 Å². The lowest BCUT2D eigenvalue weighted by atomic mass is 10.2. The van der Waals surface area contributed by atoms with Crippen LogP contribution in [0.3, 0.4) is 0 Å². The summed E-state index contributed by atoms with van der Waals surface area (Å²) in [7, 11) is 1.96. The smallest absolute Gasteiger partial charge is 0.269 e. The van der Waals surface area contributed by atoms with E-state index in [1.165, 1.54) is 18.2 Å². The molecule has 0 N–H and O–H groups in total. The van der Waals surface area contributed by atoms with E-state index in [4.69, 9.17) is 0 Å². The lowest BCUT2D eigenvalue weighted by Gasteiger charge is -2.27. The van der Waals surface area contributed by atoms with E-state index in [1.54, 1.807) is 23.1 Å². The van der Waals surface area contributed by atoms with Crippen LogP contribution in [0.5, 0.6) is 0 Å². The van der Waals surface area contributed by atoms with Gasteiger partial charge in [0.25, 0.3) is 5.69 Å². The van der Waals surface area contributed by atoms with Gasteiger partial charge in [-0.1, -0.05) is 6.92 Å². The molecular formula is C23H28N4O4. The SMILES string of the molecule is CCCN(CC(=O)N(Cc1cccn1C)C1CC1)C(=O)C=Cc1ccc([N+](=O)[O-])cc1. The van der Waals surface area contributed by atoms with Crippen molar-refractivity contribution in [3.63, 3.8) is 0 Å². The average Bonchev–Trinajstić information content (AvgIpc) is 3.51. The monoisotopic (exact) mass is 424 g/mol. The second-order valence-electron chi connectivity index (χ2n) is 7.81. The second kappa shape index (κ2) is 10.1. The van der Waals surface area contributed by atoms with Gasteiger partial charge in [-0.25, -0.2) is 0 Å². The molecule has 1 aliphatic carbocycles. The van der Waals surface area contributed by atoms with Gasteiger partial charge in [0.1, 0.15) is 6.54 Å². The van der Waals surface area contributed by atoms with Crippen LogP contribution >= 0.6 is 0 Å². The van der Waals surface area contributed by atoms with Crippen molar-refractivity contribution >= 4 is 23.6 Å². The number of hydrogen-bond acceptors (Lipinski definition) is 4. The van der Waals surface area contributed by atoms with Crippen LogP contribution in [-0.4, -0.2) is 50.2 Å². The molecule has 2 amide bonds. The van der Waals surface area contributed by atoms with Crippen molar-refractivity contribution < 1.29 is 14.5 Å². The van der Waals surface area contributed by atoms with Crippen molar-refractivity contribution in [2.45, 2.75) is 38.8 Å². The zero-order valence-electron chi connectivity index (χ0n) is 17.9. The van der Waals surface area contributed by atoms with Gasteiger partial charge in [0.05, 0.1) is 11.5 Å². The number of benzene rings is 1. The van der Waals surface area contributed by atoms with Crippen molar-refractivity contribution in [3.8, 4) is 0 Å². The molecule has 0 radical (unpaired) electrons. The summed E-state index contributed by atoms with van der Waals surface area (Å²) < 4.78 is 2.00. The van der Waals surface area contributed by atoms with Crippen LogP contribution in [0, 0.1) is 10.1 Å². The first-order valence-corrected chi connectivity index (χ1v) is 10.5. The van der Waals surface area contributed by atoms with Gasteiger partial charge >= 0.3 is 0 Å². The Morgan fingerprint density at radius 2 is 1.94 bits per heavy atom. The number of aryl methyl sites for hydroxylation is 1. The Morgan fingerprint density at radius 1 is 1.23 bits per heavy atom. The Morgan fingerprint density at radius 3 is 2.48 bits per heavy atom. The maximum absolute atomic E-state index is 13.1. The molecule has 0 atom stereocenters. The van der Waals surface area contributed by atoms with E-state index in [1.807, 2.05) is 41.8 Å².